The average Bonchev–Trinajstić information content (AvgIpc) is 2.34. The van der Waals surface area contributed by atoms with Crippen molar-refractivity contribution in [2.45, 2.75) is 51.6 Å². The zero-order chi connectivity index (χ0) is 11.8. The summed E-state index contributed by atoms with van der Waals surface area (Å²) in [6, 6.07) is 0. The van der Waals surface area contributed by atoms with Gasteiger partial charge in [0.15, 0.2) is 0 Å². The van der Waals surface area contributed by atoms with Gasteiger partial charge in [-0.2, -0.15) is 0 Å². The van der Waals surface area contributed by atoms with Crippen molar-refractivity contribution in [3.63, 3.8) is 0 Å². The van der Waals surface area contributed by atoms with Gasteiger partial charge in [-0.25, -0.2) is 0 Å². The van der Waals surface area contributed by atoms with Crippen molar-refractivity contribution in [3.05, 3.63) is 23.8 Å². The molecule has 3 rings (SSSR count). The Kier molecular flexibility index (Phi) is 3.12. The maximum atomic E-state index is 6.22. The highest BCUT2D eigenvalue weighted by Crippen LogP contribution is 2.44. The van der Waals surface area contributed by atoms with Crippen molar-refractivity contribution in [1.29, 1.82) is 0 Å². The molecule has 0 radical (unpaired) electrons. The van der Waals surface area contributed by atoms with E-state index in [2.05, 4.69) is 19.6 Å². The summed E-state index contributed by atoms with van der Waals surface area (Å²) >= 11 is 0. The topological polar surface area (TPSA) is 9.23 Å². The zero-order valence-corrected chi connectivity index (χ0v) is 11.0. The van der Waals surface area contributed by atoms with E-state index in [0.29, 0.717) is 12.0 Å². The van der Waals surface area contributed by atoms with Gasteiger partial charge in [-0.15, -0.1) is 0 Å². The Morgan fingerprint density at radius 3 is 3.06 bits per heavy atom. The summed E-state index contributed by atoms with van der Waals surface area (Å²) in [6.07, 6.45) is 10.6. The lowest BCUT2D eigenvalue weighted by atomic mass is 9.69. The Morgan fingerprint density at radius 1 is 1.35 bits per heavy atom. The van der Waals surface area contributed by atoms with Crippen molar-refractivity contribution in [2.24, 2.45) is 17.8 Å². The molecule has 1 saturated carbocycles. The first-order valence-electron chi connectivity index (χ1n) is 7.19. The molecule has 1 aliphatic heterocycles. The van der Waals surface area contributed by atoms with Gasteiger partial charge in [-0.3, -0.25) is 0 Å². The fourth-order valence-electron chi connectivity index (χ4n) is 3.99. The van der Waals surface area contributed by atoms with E-state index >= 15 is 0 Å². The van der Waals surface area contributed by atoms with E-state index < -0.39 is 0 Å². The molecule has 4 atom stereocenters. The maximum Gasteiger partial charge on any atom is 0.0671 e. The van der Waals surface area contributed by atoms with Crippen LogP contribution in [0.15, 0.2) is 23.8 Å². The minimum atomic E-state index is 0.475. The van der Waals surface area contributed by atoms with Crippen LogP contribution in [-0.2, 0) is 4.74 Å². The SMILES string of the molecule is C=C1CC[C@@H]2CO[C@H]([C@@H]3CCC=C(C)C3)[C@H]1C2. The van der Waals surface area contributed by atoms with Crippen LogP contribution in [-0.4, -0.2) is 12.7 Å². The number of allylic oxidation sites excluding steroid dienone is 2. The van der Waals surface area contributed by atoms with Crippen LogP contribution in [0.5, 0.6) is 0 Å². The Labute approximate surface area is 105 Å². The van der Waals surface area contributed by atoms with Gasteiger partial charge in [0.1, 0.15) is 0 Å². The molecular weight excluding hydrogens is 208 g/mol. The molecule has 1 heteroatoms. The standard InChI is InChI=1S/C16H24O/c1-11-4-3-5-14(8-11)16-15-9-13(10-17-16)7-6-12(15)2/h4,13-16H,2-3,5-10H2,1H3/t13-,14+,15-,16+/m0/s1. The highest BCUT2D eigenvalue weighted by Gasteiger charge is 2.40. The summed E-state index contributed by atoms with van der Waals surface area (Å²) < 4.78 is 6.22. The molecule has 94 valence electrons. The van der Waals surface area contributed by atoms with Crippen LogP contribution < -0.4 is 0 Å². The fraction of sp³-hybridized carbons (Fsp3) is 0.750. The summed E-state index contributed by atoms with van der Waals surface area (Å²) in [5.74, 6) is 2.24. The van der Waals surface area contributed by atoms with E-state index in [-0.39, 0.29) is 0 Å². The second kappa shape index (κ2) is 4.61. The molecular formula is C16H24O. The van der Waals surface area contributed by atoms with Crippen molar-refractivity contribution < 1.29 is 4.74 Å². The third-order valence-electron chi connectivity index (χ3n) is 4.99. The smallest absolute Gasteiger partial charge is 0.0671 e. The molecule has 0 aromatic heterocycles. The molecule has 1 heterocycles. The molecule has 2 fully saturated rings. The van der Waals surface area contributed by atoms with Crippen LogP contribution in [0.4, 0.5) is 0 Å². The van der Waals surface area contributed by atoms with E-state index in [1.54, 1.807) is 5.57 Å². The van der Waals surface area contributed by atoms with Gasteiger partial charge < -0.3 is 4.74 Å². The van der Waals surface area contributed by atoms with Crippen LogP contribution in [0, 0.1) is 17.8 Å². The van der Waals surface area contributed by atoms with E-state index in [1.807, 2.05) is 0 Å². The lowest BCUT2D eigenvalue weighted by molar-refractivity contribution is -0.0881. The van der Waals surface area contributed by atoms with Crippen LogP contribution in [0.3, 0.4) is 0 Å². The molecule has 2 aliphatic carbocycles. The molecule has 0 aromatic carbocycles. The van der Waals surface area contributed by atoms with Crippen LogP contribution >= 0.6 is 0 Å². The Hall–Kier alpha value is -0.560. The van der Waals surface area contributed by atoms with Crippen molar-refractivity contribution in [2.75, 3.05) is 6.61 Å². The Bertz CT molecular complexity index is 341. The molecule has 0 amide bonds. The van der Waals surface area contributed by atoms with Crippen molar-refractivity contribution >= 4 is 0 Å². The Balaban J connectivity index is 1.74. The molecule has 2 bridgehead atoms. The lowest BCUT2D eigenvalue weighted by Gasteiger charge is -2.45. The highest BCUT2D eigenvalue weighted by atomic mass is 16.5. The number of ether oxygens (including phenoxy) is 1. The van der Waals surface area contributed by atoms with E-state index in [4.69, 9.17) is 4.74 Å². The number of rotatable bonds is 1. The molecule has 1 nitrogen and oxygen atoms in total. The number of hydrogen-bond acceptors (Lipinski definition) is 1. The van der Waals surface area contributed by atoms with Crippen LogP contribution in [0.1, 0.15) is 45.4 Å². The maximum absolute atomic E-state index is 6.22. The normalized spacial score (nSPS) is 42.2. The van der Waals surface area contributed by atoms with E-state index in [1.165, 1.54) is 44.1 Å². The lowest BCUT2D eigenvalue weighted by Crippen LogP contribution is -2.43. The summed E-state index contributed by atoms with van der Waals surface area (Å²) in [5.41, 5.74) is 3.03. The van der Waals surface area contributed by atoms with Crippen molar-refractivity contribution in [1.82, 2.24) is 0 Å². The van der Waals surface area contributed by atoms with Gasteiger partial charge in [0.2, 0.25) is 0 Å². The third kappa shape index (κ3) is 2.22. The van der Waals surface area contributed by atoms with Gasteiger partial charge >= 0.3 is 0 Å². The quantitative estimate of drug-likeness (QED) is 0.618. The van der Waals surface area contributed by atoms with Gasteiger partial charge in [-0.05, 0) is 57.3 Å². The second-order valence-electron chi connectivity index (χ2n) is 6.30. The van der Waals surface area contributed by atoms with Crippen LogP contribution in [0.2, 0.25) is 0 Å². The second-order valence-corrected chi connectivity index (χ2v) is 6.30. The van der Waals surface area contributed by atoms with Crippen molar-refractivity contribution in [3.8, 4) is 0 Å². The predicted octanol–water partition coefficient (Wildman–Crippen LogP) is 4.10. The van der Waals surface area contributed by atoms with E-state index in [0.717, 1.165) is 18.4 Å². The summed E-state index contributed by atoms with van der Waals surface area (Å²) in [5, 5.41) is 0. The minimum Gasteiger partial charge on any atom is -0.377 e. The fourth-order valence-corrected chi connectivity index (χ4v) is 3.99. The number of hydrogen-bond donors (Lipinski definition) is 0. The van der Waals surface area contributed by atoms with Gasteiger partial charge in [-0.1, -0.05) is 23.8 Å². The zero-order valence-electron chi connectivity index (χ0n) is 11.0. The predicted molar refractivity (Wildman–Crippen MR) is 70.8 cm³/mol. The summed E-state index contributed by atoms with van der Waals surface area (Å²) in [7, 11) is 0. The van der Waals surface area contributed by atoms with Gasteiger partial charge in [0.25, 0.3) is 0 Å². The van der Waals surface area contributed by atoms with Gasteiger partial charge in [0, 0.05) is 12.5 Å². The monoisotopic (exact) mass is 232 g/mol. The molecule has 3 aliphatic rings. The van der Waals surface area contributed by atoms with Gasteiger partial charge in [0.05, 0.1) is 6.10 Å². The largest absolute Gasteiger partial charge is 0.377 e. The van der Waals surface area contributed by atoms with E-state index in [9.17, 15) is 0 Å². The first-order chi connectivity index (χ1) is 8.24. The molecule has 0 unspecified atom stereocenters. The van der Waals surface area contributed by atoms with Crippen LogP contribution in [0.25, 0.3) is 0 Å². The molecule has 0 spiro atoms. The Morgan fingerprint density at radius 2 is 2.24 bits per heavy atom. The third-order valence-corrected chi connectivity index (χ3v) is 4.99. The summed E-state index contributed by atoms with van der Waals surface area (Å²) in [6.45, 7) is 7.58. The molecule has 0 N–H and O–H groups in total. The molecule has 0 aromatic rings. The average molecular weight is 232 g/mol. The molecule has 17 heavy (non-hydrogen) atoms. The first-order valence-corrected chi connectivity index (χ1v) is 7.19. The molecule has 1 saturated heterocycles. The minimum absolute atomic E-state index is 0.475. The summed E-state index contributed by atoms with van der Waals surface area (Å²) in [4.78, 5) is 0. The highest BCUT2D eigenvalue weighted by molar-refractivity contribution is 5.13. The number of fused-ring (bicyclic) bond motifs is 2. The first kappa shape index (κ1) is 11.5.